The lowest BCUT2D eigenvalue weighted by molar-refractivity contribution is -0.141. The predicted octanol–water partition coefficient (Wildman–Crippen LogP) is 2.01. The summed E-state index contributed by atoms with van der Waals surface area (Å²) in [5.74, 6) is 0.381. The quantitative estimate of drug-likeness (QED) is 0.881. The third kappa shape index (κ3) is 3.61. The Morgan fingerprint density at radius 1 is 1.36 bits per heavy atom. The standard InChI is InChI=1S/C21H26N4O3/c1-15(12-25-11-8-16(2)23-25)20(27)24-10-5-9-21(14-24)13-22-19(26)17-6-3-4-7-18(17)28-21/h3-4,6-8,11,15H,5,9-10,12-14H2,1-2H3,(H,22,26). The average molecular weight is 382 g/mol. The molecule has 0 saturated carbocycles. The van der Waals surface area contributed by atoms with Crippen LogP contribution in [0.3, 0.4) is 0 Å². The molecule has 2 aliphatic heterocycles. The summed E-state index contributed by atoms with van der Waals surface area (Å²) in [6.07, 6.45) is 3.55. The molecule has 0 radical (unpaired) electrons. The first kappa shape index (κ1) is 18.5. The lowest BCUT2D eigenvalue weighted by atomic mass is 9.91. The van der Waals surface area contributed by atoms with Crippen molar-refractivity contribution in [2.24, 2.45) is 5.92 Å². The Kier molecular flexibility index (Phi) is 4.83. The number of para-hydroxylation sites is 1. The van der Waals surface area contributed by atoms with E-state index in [2.05, 4.69) is 10.4 Å². The van der Waals surface area contributed by atoms with Crippen LogP contribution >= 0.6 is 0 Å². The summed E-state index contributed by atoms with van der Waals surface area (Å²) in [7, 11) is 0. The van der Waals surface area contributed by atoms with Crippen molar-refractivity contribution in [2.45, 2.75) is 38.8 Å². The monoisotopic (exact) mass is 382 g/mol. The number of benzene rings is 1. The number of piperidine rings is 1. The number of aryl methyl sites for hydroxylation is 1. The largest absolute Gasteiger partial charge is 0.483 e. The number of ether oxygens (including phenoxy) is 1. The van der Waals surface area contributed by atoms with Crippen LogP contribution < -0.4 is 10.1 Å². The number of fused-ring (bicyclic) bond motifs is 1. The van der Waals surface area contributed by atoms with Gasteiger partial charge in [0, 0.05) is 12.7 Å². The van der Waals surface area contributed by atoms with Crippen LogP contribution in [0.25, 0.3) is 0 Å². The Bertz CT molecular complexity index is 893. The summed E-state index contributed by atoms with van der Waals surface area (Å²) in [6.45, 7) is 6.01. The molecule has 7 heteroatoms. The highest BCUT2D eigenvalue weighted by molar-refractivity contribution is 5.97. The molecular weight excluding hydrogens is 356 g/mol. The van der Waals surface area contributed by atoms with Crippen molar-refractivity contribution in [1.29, 1.82) is 0 Å². The first-order chi connectivity index (χ1) is 13.5. The molecule has 1 aromatic carbocycles. The van der Waals surface area contributed by atoms with Crippen LogP contribution in [-0.2, 0) is 11.3 Å². The molecule has 4 rings (SSSR count). The summed E-state index contributed by atoms with van der Waals surface area (Å²) in [5.41, 5.74) is 0.904. The molecule has 1 saturated heterocycles. The zero-order valence-electron chi connectivity index (χ0n) is 16.4. The van der Waals surface area contributed by atoms with Gasteiger partial charge >= 0.3 is 0 Å². The van der Waals surface area contributed by atoms with Gasteiger partial charge in [0.05, 0.1) is 36.8 Å². The van der Waals surface area contributed by atoms with E-state index in [1.807, 2.05) is 53.9 Å². The van der Waals surface area contributed by atoms with Crippen molar-refractivity contribution in [3.05, 3.63) is 47.8 Å². The lowest BCUT2D eigenvalue weighted by Crippen LogP contribution is -2.58. The van der Waals surface area contributed by atoms with Crippen molar-refractivity contribution in [3.8, 4) is 5.75 Å². The molecule has 7 nitrogen and oxygen atoms in total. The summed E-state index contributed by atoms with van der Waals surface area (Å²) >= 11 is 0. The molecule has 148 valence electrons. The van der Waals surface area contributed by atoms with Gasteiger partial charge in [0.1, 0.15) is 11.4 Å². The number of carbonyl (C=O) groups excluding carboxylic acids is 2. The van der Waals surface area contributed by atoms with Crippen molar-refractivity contribution in [3.63, 3.8) is 0 Å². The molecule has 2 amide bonds. The van der Waals surface area contributed by atoms with Gasteiger partial charge in [-0.3, -0.25) is 14.3 Å². The smallest absolute Gasteiger partial charge is 0.255 e. The van der Waals surface area contributed by atoms with E-state index in [4.69, 9.17) is 4.74 Å². The maximum atomic E-state index is 13.1. The molecule has 2 atom stereocenters. The number of hydrogen-bond donors (Lipinski definition) is 1. The van der Waals surface area contributed by atoms with Crippen LogP contribution in [0.15, 0.2) is 36.5 Å². The van der Waals surface area contributed by atoms with E-state index in [9.17, 15) is 9.59 Å². The second-order valence-electron chi connectivity index (χ2n) is 7.91. The van der Waals surface area contributed by atoms with E-state index >= 15 is 0 Å². The van der Waals surface area contributed by atoms with Gasteiger partial charge in [0.25, 0.3) is 5.91 Å². The highest BCUT2D eigenvalue weighted by Crippen LogP contribution is 2.32. The second kappa shape index (κ2) is 7.30. The van der Waals surface area contributed by atoms with Crippen LogP contribution in [0.5, 0.6) is 5.75 Å². The topological polar surface area (TPSA) is 76.5 Å². The minimum Gasteiger partial charge on any atom is -0.483 e. The first-order valence-electron chi connectivity index (χ1n) is 9.81. The molecule has 1 spiro atoms. The van der Waals surface area contributed by atoms with Gasteiger partial charge in [-0.25, -0.2) is 0 Å². The minimum absolute atomic E-state index is 0.0969. The summed E-state index contributed by atoms with van der Waals surface area (Å²) in [6, 6.07) is 9.22. The fraction of sp³-hybridized carbons (Fsp3) is 0.476. The highest BCUT2D eigenvalue weighted by atomic mass is 16.5. The van der Waals surface area contributed by atoms with E-state index in [-0.39, 0.29) is 17.7 Å². The molecule has 3 heterocycles. The molecule has 1 N–H and O–H groups in total. The van der Waals surface area contributed by atoms with Crippen LogP contribution in [0.1, 0.15) is 35.8 Å². The Morgan fingerprint density at radius 3 is 2.96 bits per heavy atom. The van der Waals surface area contributed by atoms with Crippen molar-refractivity contribution in [1.82, 2.24) is 20.0 Å². The maximum absolute atomic E-state index is 13.1. The zero-order chi connectivity index (χ0) is 19.7. The fourth-order valence-electron chi connectivity index (χ4n) is 4.10. The molecule has 2 aromatic rings. The molecule has 1 fully saturated rings. The van der Waals surface area contributed by atoms with Crippen molar-refractivity contribution >= 4 is 11.8 Å². The van der Waals surface area contributed by atoms with Gasteiger partial charge in [-0.05, 0) is 38.0 Å². The van der Waals surface area contributed by atoms with Crippen LogP contribution in [0.4, 0.5) is 0 Å². The molecule has 2 aliphatic rings. The number of nitrogens with zero attached hydrogens (tertiary/aromatic N) is 3. The van der Waals surface area contributed by atoms with Crippen LogP contribution in [-0.4, -0.2) is 51.7 Å². The van der Waals surface area contributed by atoms with Gasteiger partial charge < -0.3 is 15.0 Å². The van der Waals surface area contributed by atoms with Gasteiger partial charge in [-0.15, -0.1) is 0 Å². The first-order valence-corrected chi connectivity index (χ1v) is 9.81. The number of nitrogens with one attached hydrogen (secondary N) is 1. The molecule has 2 unspecified atom stereocenters. The Labute approximate surface area is 164 Å². The Balaban J connectivity index is 1.49. The van der Waals surface area contributed by atoms with Crippen molar-refractivity contribution < 1.29 is 14.3 Å². The molecule has 1 aromatic heterocycles. The molecular formula is C21H26N4O3. The Morgan fingerprint density at radius 2 is 2.18 bits per heavy atom. The van der Waals surface area contributed by atoms with Crippen LogP contribution in [0, 0.1) is 12.8 Å². The number of amides is 2. The van der Waals surface area contributed by atoms with Crippen molar-refractivity contribution in [2.75, 3.05) is 19.6 Å². The van der Waals surface area contributed by atoms with E-state index in [0.717, 1.165) is 18.5 Å². The Hall–Kier alpha value is -2.83. The number of aromatic nitrogens is 2. The van der Waals surface area contributed by atoms with Gasteiger partial charge in [-0.2, -0.15) is 5.10 Å². The maximum Gasteiger partial charge on any atom is 0.255 e. The second-order valence-corrected chi connectivity index (χ2v) is 7.91. The number of hydrogen-bond acceptors (Lipinski definition) is 4. The lowest BCUT2D eigenvalue weighted by Gasteiger charge is -2.42. The number of likely N-dealkylation sites (tertiary alicyclic amines) is 1. The fourth-order valence-corrected chi connectivity index (χ4v) is 4.10. The van der Waals surface area contributed by atoms with E-state index in [1.165, 1.54) is 0 Å². The predicted molar refractivity (Wildman–Crippen MR) is 104 cm³/mol. The summed E-state index contributed by atoms with van der Waals surface area (Å²) in [4.78, 5) is 27.3. The summed E-state index contributed by atoms with van der Waals surface area (Å²) < 4.78 is 8.16. The number of rotatable bonds is 3. The SMILES string of the molecule is Cc1ccn(CC(C)C(=O)N2CCCC3(CNC(=O)c4ccccc4O3)C2)n1. The molecule has 0 aliphatic carbocycles. The third-order valence-corrected chi connectivity index (χ3v) is 5.54. The average Bonchev–Trinajstić information content (AvgIpc) is 3.05. The molecule has 0 bridgehead atoms. The normalized spacial score (nSPS) is 22.8. The van der Waals surface area contributed by atoms with E-state index in [1.54, 1.807) is 6.07 Å². The molecule has 28 heavy (non-hydrogen) atoms. The minimum atomic E-state index is -0.585. The van der Waals surface area contributed by atoms with E-state index < -0.39 is 5.60 Å². The van der Waals surface area contributed by atoms with E-state index in [0.29, 0.717) is 37.5 Å². The van der Waals surface area contributed by atoms with Gasteiger partial charge in [-0.1, -0.05) is 19.1 Å². The van der Waals surface area contributed by atoms with Gasteiger partial charge in [0.2, 0.25) is 5.91 Å². The third-order valence-electron chi connectivity index (χ3n) is 5.54. The number of carbonyl (C=O) groups is 2. The highest BCUT2D eigenvalue weighted by Gasteiger charge is 2.42. The summed E-state index contributed by atoms with van der Waals surface area (Å²) in [5, 5.41) is 7.36. The van der Waals surface area contributed by atoms with Crippen LogP contribution in [0.2, 0.25) is 0 Å². The zero-order valence-corrected chi connectivity index (χ0v) is 16.4. The van der Waals surface area contributed by atoms with Gasteiger partial charge in [0.15, 0.2) is 0 Å².